The molecule has 0 N–H and O–H groups in total. The van der Waals surface area contributed by atoms with Gasteiger partial charge in [-0.25, -0.2) is 9.97 Å². The molecule has 2 rings (SSSR count). The van der Waals surface area contributed by atoms with Gasteiger partial charge < -0.3 is 0 Å². The van der Waals surface area contributed by atoms with Crippen molar-refractivity contribution in [3.05, 3.63) is 23.2 Å². The Bertz CT molecular complexity index is 308. The summed E-state index contributed by atoms with van der Waals surface area (Å²) in [7, 11) is 0. The minimum atomic E-state index is 0.349. The SMILES string of the molecule is Clc1nccc(CN2CCCCCC2)n1. The molecule has 3 nitrogen and oxygen atoms in total. The van der Waals surface area contributed by atoms with Crippen LogP contribution in [0.3, 0.4) is 0 Å². The molecule has 1 aliphatic rings. The maximum Gasteiger partial charge on any atom is 0.222 e. The summed E-state index contributed by atoms with van der Waals surface area (Å²) in [4.78, 5) is 10.5. The van der Waals surface area contributed by atoms with Crippen LogP contribution in [0.1, 0.15) is 31.4 Å². The number of rotatable bonds is 2. The largest absolute Gasteiger partial charge is 0.298 e. The van der Waals surface area contributed by atoms with E-state index in [0.29, 0.717) is 5.28 Å². The van der Waals surface area contributed by atoms with Crippen molar-refractivity contribution in [3.8, 4) is 0 Å². The van der Waals surface area contributed by atoms with E-state index < -0.39 is 0 Å². The smallest absolute Gasteiger partial charge is 0.222 e. The van der Waals surface area contributed by atoms with Gasteiger partial charge in [0.1, 0.15) is 0 Å². The summed E-state index contributed by atoms with van der Waals surface area (Å²) in [5.74, 6) is 0. The van der Waals surface area contributed by atoms with Gasteiger partial charge in [-0.1, -0.05) is 12.8 Å². The molecule has 0 atom stereocenters. The Morgan fingerprint density at radius 1 is 1.20 bits per heavy atom. The fourth-order valence-electron chi connectivity index (χ4n) is 1.98. The van der Waals surface area contributed by atoms with E-state index in [9.17, 15) is 0 Å². The quantitative estimate of drug-likeness (QED) is 0.725. The monoisotopic (exact) mass is 225 g/mol. The summed E-state index contributed by atoms with van der Waals surface area (Å²) in [6.45, 7) is 3.27. The van der Waals surface area contributed by atoms with Crippen LogP contribution >= 0.6 is 11.6 Å². The molecule has 0 aromatic carbocycles. The first-order valence-corrected chi connectivity index (χ1v) is 5.92. The molecular formula is C11H16ClN3. The molecule has 1 aromatic heterocycles. The lowest BCUT2D eigenvalue weighted by Gasteiger charge is -2.18. The fraction of sp³-hybridized carbons (Fsp3) is 0.636. The lowest BCUT2D eigenvalue weighted by atomic mass is 10.2. The third-order valence-corrected chi connectivity index (χ3v) is 2.95. The van der Waals surface area contributed by atoms with Crippen LogP contribution < -0.4 is 0 Å². The molecule has 0 unspecified atom stereocenters. The molecule has 1 aliphatic heterocycles. The van der Waals surface area contributed by atoms with Crippen LogP contribution in [-0.4, -0.2) is 28.0 Å². The number of halogens is 1. The Kier molecular flexibility index (Phi) is 3.92. The van der Waals surface area contributed by atoms with Gasteiger partial charge in [-0.3, -0.25) is 4.90 Å². The summed E-state index contributed by atoms with van der Waals surface area (Å²) in [5, 5.41) is 0.349. The molecule has 82 valence electrons. The molecular weight excluding hydrogens is 210 g/mol. The Hall–Kier alpha value is -0.670. The second-order valence-electron chi connectivity index (χ2n) is 4.01. The zero-order chi connectivity index (χ0) is 10.5. The third kappa shape index (κ3) is 3.43. The Morgan fingerprint density at radius 2 is 1.93 bits per heavy atom. The highest BCUT2D eigenvalue weighted by molar-refractivity contribution is 6.28. The maximum absolute atomic E-state index is 5.75. The topological polar surface area (TPSA) is 29.0 Å². The molecule has 0 aliphatic carbocycles. The second-order valence-corrected chi connectivity index (χ2v) is 4.35. The number of hydrogen-bond acceptors (Lipinski definition) is 3. The molecule has 2 heterocycles. The summed E-state index contributed by atoms with van der Waals surface area (Å²) in [6.07, 6.45) is 7.06. The highest BCUT2D eigenvalue weighted by Gasteiger charge is 2.10. The number of hydrogen-bond donors (Lipinski definition) is 0. The van der Waals surface area contributed by atoms with E-state index in [1.807, 2.05) is 6.07 Å². The van der Waals surface area contributed by atoms with Gasteiger partial charge in [0.15, 0.2) is 0 Å². The predicted molar refractivity (Wildman–Crippen MR) is 60.8 cm³/mol. The van der Waals surface area contributed by atoms with E-state index in [1.165, 1.54) is 38.8 Å². The Morgan fingerprint density at radius 3 is 2.60 bits per heavy atom. The predicted octanol–water partition coefficient (Wildman–Crippen LogP) is 2.51. The fourth-order valence-corrected chi connectivity index (χ4v) is 2.15. The van der Waals surface area contributed by atoms with E-state index in [1.54, 1.807) is 6.20 Å². The van der Waals surface area contributed by atoms with Crippen molar-refractivity contribution in [3.63, 3.8) is 0 Å². The zero-order valence-corrected chi connectivity index (χ0v) is 9.58. The molecule has 0 saturated carbocycles. The van der Waals surface area contributed by atoms with Crippen molar-refractivity contribution in [2.75, 3.05) is 13.1 Å². The highest BCUT2D eigenvalue weighted by Crippen LogP contribution is 2.12. The molecule has 1 aromatic rings. The van der Waals surface area contributed by atoms with Crippen molar-refractivity contribution in [2.24, 2.45) is 0 Å². The van der Waals surface area contributed by atoms with E-state index >= 15 is 0 Å². The van der Waals surface area contributed by atoms with Crippen LogP contribution in [0.2, 0.25) is 5.28 Å². The Labute approximate surface area is 95.5 Å². The number of likely N-dealkylation sites (tertiary alicyclic amines) is 1. The van der Waals surface area contributed by atoms with Gasteiger partial charge in [0.05, 0.1) is 5.69 Å². The molecule has 0 bridgehead atoms. The summed E-state index contributed by atoms with van der Waals surface area (Å²) >= 11 is 5.75. The summed E-state index contributed by atoms with van der Waals surface area (Å²) in [6, 6.07) is 1.94. The van der Waals surface area contributed by atoms with Gasteiger partial charge in [0, 0.05) is 12.7 Å². The van der Waals surface area contributed by atoms with Crippen molar-refractivity contribution in [1.29, 1.82) is 0 Å². The van der Waals surface area contributed by atoms with E-state index in [4.69, 9.17) is 11.6 Å². The van der Waals surface area contributed by atoms with Crippen LogP contribution in [0, 0.1) is 0 Å². The van der Waals surface area contributed by atoms with Gasteiger partial charge >= 0.3 is 0 Å². The standard InChI is InChI=1S/C11H16ClN3/c12-11-13-6-5-10(14-11)9-15-7-3-1-2-4-8-15/h5-6H,1-4,7-9H2. The van der Waals surface area contributed by atoms with Crippen LogP contribution in [0.15, 0.2) is 12.3 Å². The van der Waals surface area contributed by atoms with Crippen LogP contribution in [-0.2, 0) is 6.54 Å². The first-order valence-electron chi connectivity index (χ1n) is 5.54. The van der Waals surface area contributed by atoms with Crippen molar-refractivity contribution in [2.45, 2.75) is 32.2 Å². The van der Waals surface area contributed by atoms with Gasteiger partial charge in [0.2, 0.25) is 5.28 Å². The van der Waals surface area contributed by atoms with Gasteiger partial charge in [-0.2, -0.15) is 0 Å². The van der Waals surface area contributed by atoms with Crippen molar-refractivity contribution >= 4 is 11.6 Å². The minimum Gasteiger partial charge on any atom is -0.298 e. The molecule has 15 heavy (non-hydrogen) atoms. The average molecular weight is 226 g/mol. The molecule has 1 saturated heterocycles. The lowest BCUT2D eigenvalue weighted by molar-refractivity contribution is 0.273. The minimum absolute atomic E-state index is 0.349. The summed E-state index contributed by atoms with van der Waals surface area (Å²) < 4.78 is 0. The third-order valence-electron chi connectivity index (χ3n) is 2.77. The molecule has 0 spiro atoms. The van der Waals surface area contributed by atoms with Crippen LogP contribution in [0.5, 0.6) is 0 Å². The second kappa shape index (κ2) is 5.42. The molecule has 4 heteroatoms. The van der Waals surface area contributed by atoms with E-state index in [-0.39, 0.29) is 0 Å². The first-order chi connectivity index (χ1) is 7.34. The summed E-state index contributed by atoms with van der Waals surface area (Å²) in [5.41, 5.74) is 1.02. The highest BCUT2D eigenvalue weighted by atomic mass is 35.5. The van der Waals surface area contributed by atoms with Crippen LogP contribution in [0.25, 0.3) is 0 Å². The average Bonchev–Trinajstić information content (AvgIpc) is 2.46. The maximum atomic E-state index is 5.75. The van der Waals surface area contributed by atoms with Gasteiger partial charge in [0.25, 0.3) is 0 Å². The molecule has 1 fully saturated rings. The molecule has 0 amide bonds. The lowest BCUT2D eigenvalue weighted by Crippen LogP contribution is -2.24. The Balaban J connectivity index is 1.95. The molecule has 0 radical (unpaired) electrons. The van der Waals surface area contributed by atoms with Crippen molar-refractivity contribution in [1.82, 2.24) is 14.9 Å². The number of nitrogens with zero attached hydrogens (tertiary/aromatic N) is 3. The number of aromatic nitrogens is 2. The van der Waals surface area contributed by atoms with Crippen molar-refractivity contribution < 1.29 is 0 Å². The van der Waals surface area contributed by atoms with E-state index in [2.05, 4.69) is 14.9 Å². The normalized spacial score (nSPS) is 18.7. The first kappa shape index (κ1) is 10.8. The van der Waals surface area contributed by atoms with Gasteiger partial charge in [-0.15, -0.1) is 0 Å². The van der Waals surface area contributed by atoms with Crippen LogP contribution in [0.4, 0.5) is 0 Å². The zero-order valence-electron chi connectivity index (χ0n) is 8.82. The van der Waals surface area contributed by atoms with E-state index in [0.717, 1.165) is 12.2 Å². The van der Waals surface area contributed by atoms with Gasteiger partial charge in [-0.05, 0) is 43.6 Å².